The second kappa shape index (κ2) is 9.11. The minimum absolute atomic E-state index is 0.163. The standard InChI is InChI=1S/C21H26N6O4S2/c1-33(29,30)27-7-5-25(6-8-27)14-17-22-20-18(32-17)21(26-9-11-31-12-10-26)24-19(23-20)15-3-2-4-16(28)13-15/h2-4,13,28H,5-12,14H2,1H3. The van der Waals surface area contributed by atoms with Gasteiger partial charge in [0.1, 0.15) is 15.5 Å². The van der Waals surface area contributed by atoms with Crippen molar-refractivity contribution in [1.82, 2.24) is 24.2 Å². The number of sulfonamides is 1. The van der Waals surface area contributed by atoms with Gasteiger partial charge in [-0.1, -0.05) is 12.1 Å². The van der Waals surface area contributed by atoms with E-state index in [-0.39, 0.29) is 5.75 Å². The number of aromatic hydroxyl groups is 1. The number of nitrogens with zero attached hydrogens (tertiary/aromatic N) is 6. The largest absolute Gasteiger partial charge is 0.508 e. The Balaban J connectivity index is 1.45. The first-order valence-corrected chi connectivity index (χ1v) is 13.5. The molecule has 4 heterocycles. The molecule has 2 aliphatic rings. The maximum atomic E-state index is 11.8. The summed E-state index contributed by atoms with van der Waals surface area (Å²) < 4.78 is 31.5. The van der Waals surface area contributed by atoms with Crippen molar-refractivity contribution in [3.05, 3.63) is 29.3 Å². The fraction of sp³-hybridized carbons (Fsp3) is 0.476. The highest BCUT2D eigenvalue weighted by Gasteiger charge is 2.25. The van der Waals surface area contributed by atoms with Gasteiger partial charge in [0.25, 0.3) is 0 Å². The van der Waals surface area contributed by atoms with Crippen LogP contribution in [0, 0.1) is 0 Å². The molecule has 2 aromatic heterocycles. The molecule has 2 fully saturated rings. The van der Waals surface area contributed by atoms with E-state index in [0.29, 0.717) is 57.4 Å². The molecule has 10 nitrogen and oxygen atoms in total. The smallest absolute Gasteiger partial charge is 0.211 e. The predicted octanol–water partition coefficient (Wildman–Crippen LogP) is 1.37. The van der Waals surface area contributed by atoms with Crippen LogP contribution >= 0.6 is 11.3 Å². The Bertz CT molecular complexity index is 1250. The molecular weight excluding hydrogens is 464 g/mol. The van der Waals surface area contributed by atoms with Crippen LogP contribution in [0.3, 0.4) is 0 Å². The first-order chi connectivity index (χ1) is 15.9. The van der Waals surface area contributed by atoms with Crippen molar-refractivity contribution in [1.29, 1.82) is 0 Å². The number of hydrogen-bond acceptors (Lipinski definition) is 10. The van der Waals surface area contributed by atoms with Crippen molar-refractivity contribution in [3.63, 3.8) is 0 Å². The third-order valence-corrected chi connectivity index (χ3v) is 8.18. The van der Waals surface area contributed by atoms with Gasteiger partial charge < -0.3 is 14.7 Å². The number of rotatable bonds is 5. The summed E-state index contributed by atoms with van der Waals surface area (Å²) in [5.74, 6) is 1.53. The van der Waals surface area contributed by atoms with Gasteiger partial charge in [0.05, 0.1) is 26.0 Å². The molecule has 176 valence electrons. The van der Waals surface area contributed by atoms with E-state index in [1.165, 1.54) is 10.6 Å². The number of morpholine rings is 1. The highest BCUT2D eigenvalue weighted by molar-refractivity contribution is 7.88. The number of hydrogen-bond donors (Lipinski definition) is 1. The van der Waals surface area contributed by atoms with Crippen LogP contribution in [-0.4, -0.2) is 96.4 Å². The number of phenols is 1. The Labute approximate surface area is 196 Å². The number of ether oxygens (including phenoxy) is 1. The van der Waals surface area contributed by atoms with E-state index < -0.39 is 10.0 Å². The Morgan fingerprint density at radius 3 is 2.52 bits per heavy atom. The van der Waals surface area contributed by atoms with Gasteiger partial charge in [0, 0.05) is 44.8 Å². The third kappa shape index (κ3) is 4.94. The number of aromatic nitrogens is 3. The van der Waals surface area contributed by atoms with Crippen molar-refractivity contribution in [2.24, 2.45) is 0 Å². The lowest BCUT2D eigenvalue weighted by molar-refractivity contribution is 0.122. The fourth-order valence-electron chi connectivity index (χ4n) is 4.09. The zero-order chi connectivity index (χ0) is 23.0. The summed E-state index contributed by atoms with van der Waals surface area (Å²) in [6, 6.07) is 6.92. The molecule has 0 saturated carbocycles. The van der Waals surface area contributed by atoms with Crippen LogP contribution in [0.2, 0.25) is 0 Å². The van der Waals surface area contributed by atoms with Gasteiger partial charge in [-0.05, 0) is 12.1 Å². The van der Waals surface area contributed by atoms with Crippen LogP contribution in [0.15, 0.2) is 24.3 Å². The molecule has 0 unspecified atom stereocenters. The first kappa shape index (κ1) is 22.4. The first-order valence-electron chi connectivity index (χ1n) is 10.8. The average molecular weight is 491 g/mol. The summed E-state index contributed by atoms with van der Waals surface area (Å²) in [5, 5.41) is 10.8. The molecule has 0 radical (unpaired) electrons. The zero-order valence-electron chi connectivity index (χ0n) is 18.3. The maximum Gasteiger partial charge on any atom is 0.211 e. The molecule has 1 N–H and O–H groups in total. The fourth-order valence-corrected chi connectivity index (χ4v) is 5.98. The highest BCUT2D eigenvalue weighted by atomic mass is 32.2. The van der Waals surface area contributed by atoms with Crippen molar-refractivity contribution in [2.75, 3.05) is 63.6 Å². The van der Waals surface area contributed by atoms with Gasteiger partial charge in [-0.25, -0.2) is 23.4 Å². The van der Waals surface area contributed by atoms with Gasteiger partial charge in [-0.2, -0.15) is 4.31 Å². The van der Waals surface area contributed by atoms with Crippen molar-refractivity contribution in [3.8, 4) is 17.1 Å². The van der Waals surface area contributed by atoms with Gasteiger partial charge in [-0.15, -0.1) is 11.3 Å². The molecule has 2 saturated heterocycles. The third-order valence-electron chi connectivity index (χ3n) is 5.85. The molecule has 3 aromatic rings. The van der Waals surface area contributed by atoms with E-state index in [9.17, 15) is 13.5 Å². The molecule has 1 aromatic carbocycles. The van der Waals surface area contributed by atoms with Crippen LogP contribution < -0.4 is 4.90 Å². The summed E-state index contributed by atoms with van der Waals surface area (Å²) in [7, 11) is -3.15. The van der Waals surface area contributed by atoms with Gasteiger partial charge in [0.2, 0.25) is 10.0 Å². The lowest BCUT2D eigenvalue weighted by Crippen LogP contribution is -2.47. The Morgan fingerprint density at radius 2 is 1.82 bits per heavy atom. The van der Waals surface area contributed by atoms with Crippen LogP contribution in [0.25, 0.3) is 21.7 Å². The van der Waals surface area contributed by atoms with Crippen LogP contribution in [0.5, 0.6) is 5.75 Å². The summed E-state index contributed by atoms with van der Waals surface area (Å²) >= 11 is 1.58. The normalized spacial score (nSPS) is 18.8. The van der Waals surface area contributed by atoms with E-state index in [0.717, 1.165) is 34.2 Å². The van der Waals surface area contributed by atoms with Crippen LogP contribution in [-0.2, 0) is 21.3 Å². The van der Waals surface area contributed by atoms with E-state index >= 15 is 0 Å². The Morgan fingerprint density at radius 1 is 1.06 bits per heavy atom. The molecule has 5 rings (SSSR count). The number of phenolic OH excluding ortho intramolecular Hbond substituents is 1. The van der Waals surface area contributed by atoms with Crippen molar-refractivity contribution >= 4 is 37.5 Å². The zero-order valence-corrected chi connectivity index (χ0v) is 20.0. The monoisotopic (exact) mass is 490 g/mol. The Hall–Kier alpha value is -2.38. The molecular formula is C21H26N6O4S2. The molecule has 0 spiro atoms. The molecule has 33 heavy (non-hydrogen) atoms. The quantitative estimate of drug-likeness (QED) is 0.567. The molecule has 0 amide bonds. The summed E-state index contributed by atoms with van der Waals surface area (Å²) in [6.45, 7) is 5.72. The van der Waals surface area contributed by atoms with Gasteiger partial charge in [0.15, 0.2) is 17.3 Å². The van der Waals surface area contributed by atoms with E-state index in [1.807, 2.05) is 6.07 Å². The van der Waals surface area contributed by atoms with E-state index in [2.05, 4.69) is 9.80 Å². The maximum absolute atomic E-state index is 11.8. The van der Waals surface area contributed by atoms with E-state index in [1.54, 1.807) is 29.5 Å². The average Bonchev–Trinajstić information content (AvgIpc) is 3.21. The minimum Gasteiger partial charge on any atom is -0.508 e. The topological polar surface area (TPSA) is 112 Å². The van der Waals surface area contributed by atoms with Crippen molar-refractivity contribution < 1.29 is 18.3 Å². The summed E-state index contributed by atoms with van der Waals surface area (Å²) in [5.41, 5.74) is 1.37. The lowest BCUT2D eigenvalue weighted by Gasteiger charge is -2.32. The lowest BCUT2D eigenvalue weighted by atomic mass is 10.2. The Kier molecular flexibility index (Phi) is 6.18. The second-order valence-electron chi connectivity index (χ2n) is 8.22. The second-order valence-corrected chi connectivity index (χ2v) is 11.3. The molecule has 12 heteroatoms. The highest BCUT2D eigenvalue weighted by Crippen LogP contribution is 2.33. The number of fused-ring (bicyclic) bond motifs is 1. The summed E-state index contributed by atoms with van der Waals surface area (Å²) in [4.78, 5) is 18.8. The van der Waals surface area contributed by atoms with Crippen LogP contribution in [0.4, 0.5) is 5.82 Å². The molecule has 0 aliphatic carbocycles. The van der Waals surface area contributed by atoms with Crippen LogP contribution in [0.1, 0.15) is 5.01 Å². The SMILES string of the molecule is CS(=O)(=O)N1CCN(Cc2nc3nc(-c4cccc(O)c4)nc(N4CCOCC4)c3s2)CC1. The summed E-state index contributed by atoms with van der Waals surface area (Å²) in [6.07, 6.45) is 1.26. The molecule has 2 aliphatic heterocycles. The molecule has 0 bridgehead atoms. The number of thiazole rings is 1. The van der Waals surface area contributed by atoms with Gasteiger partial charge in [-0.3, -0.25) is 4.90 Å². The number of piperazine rings is 1. The number of benzene rings is 1. The van der Waals surface area contributed by atoms with Gasteiger partial charge >= 0.3 is 0 Å². The number of anilines is 1. The van der Waals surface area contributed by atoms with E-state index in [4.69, 9.17) is 19.7 Å². The predicted molar refractivity (Wildman–Crippen MR) is 127 cm³/mol. The van der Waals surface area contributed by atoms with Crippen molar-refractivity contribution in [2.45, 2.75) is 6.54 Å². The minimum atomic E-state index is -3.15. The molecule has 0 atom stereocenters.